The van der Waals surface area contributed by atoms with Crippen molar-refractivity contribution in [3.05, 3.63) is 99.7 Å². The van der Waals surface area contributed by atoms with Crippen LogP contribution in [0.25, 0.3) is 17.0 Å². The van der Waals surface area contributed by atoms with Gasteiger partial charge in [-0.15, -0.1) is 0 Å². The monoisotopic (exact) mass is 723 g/mol. The summed E-state index contributed by atoms with van der Waals surface area (Å²) in [6.45, 7) is 1.39. The highest BCUT2D eigenvalue weighted by Gasteiger charge is 2.59. The van der Waals surface area contributed by atoms with Gasteiger partial charge in [0.05, 0.1) is 31.3 Å². The van der Waals surface area contributed by atoms with E-state index in [4.69, 9.17) is 18.9 Å². The predicted octanol–water partition coefficient (Wildman–Crippen LogP) is 7.02. The summed E-state index contributed by atoms with van der Waals surface area (Å²) in [6, 6.07) is 15.5. The number of alkyl halides is 3. The Morgan fingerprint density at radius 3 is 2.25 bits per heavy atom. The Morgan fingerprint density at radius 2 is 1.67 bits per heavy atom. The quantitative estimate of drug-likeness (QED) is 0.0671. The van der Waals surface area contributed by atoms with Crippen molar-refractivity contribution in [3.8, 4) is 17.2 Å². The number of carbonyl (C=O) groups is 1. The molecule has 2 aliphatic rings. The van der Waals surface area contributed by atoms with E-state index in [1.807, 2.05) is 18.2 Å². The molecule has 3 aromatic carbocycles. The Bertz CT molecular complexity index is 1930. The summed E-state index contributed by atoms with van der Waals surface area (Å²) in [5, 5.41) is 23.6. The number of hydrogen-bond donors (Lipinski definition) is 1. The van der Waals surface area contributed by atoms with E-state index in [1.54, 1.807) is 42.2 Å². The number of aliphatic hydroxyl groups is 1. The van der Waals surface area contributed by atoms with Gasteiger partial charge in [0.1, 0.15) is 6.10 Å². The van der Waals surface area contributed by atoms with Crippen LogP contribution in [0.5, 0.6) is 17.2 Å². The van der Waals surface area contributed by atoms with Gasteiger partial charge in [-0.1, -0.05) is 30.3 Å². The van der Waals surface area contributed by atoms with Gasteiger partial charge < -0.3 is 28.6 Å². The minimum absolute atomic E-state index is 0.0895. The lowest BCUT2D eigenvalue weighted by Gasteiger charge is -2.43. The maximum Gasteiger partial charge on any atom is 0.422 e. The smallest absolute Gasteiger partial charge is 0.422 e. The van der Waals surface area contributed by atoms with Crippen LogP contribution in [-0.4, -0.2) is 77.2 Å². The summed E-state index contributed by atoms with van der Waals surface area (Å²) in [5.41, 5.74) is -2.30. The van der Waals surface area contributed by atoms with Crippen LogP contribution in [-0.2, 0) is 21.7 Å². The van der Waals surface area contributed by atoms with Crippen LogP contribution in [0.4, 0.5) is 18.9 Å². The molecule has 14 heteroatoms. The zero-order valence-corrected chi connectivity index (χ0v) is 29.0. The summed E-state index contributed by atoms with van der Waals surface area (Å²) in [6.07, 6.45) is 0.691. The fourth-order valence-electron chi connectivity index (χ4n) is 7.44. The molecule has 0 saturated carbocycles. The first kappa shape index (κ1) is 36.7. The molecule has 2 bridgehead atoms. The molecular formula is C38H40F3N3O8. The number of benzene rings is 3. The van der Waals surface area contributed by atoms with Gasteiger partial charge in [0, 0.05) is 60.5 Å². The highest BCUT2D eigenvalue weighted by Crippen LogP contribution is 2.48. The van der Waals surface area contributed by atoms with E-state index in [2.05, 4.69) is 0 Å². The van der Waals surface area contributed by atoms with E-state index in [0.717, 1.165) is 11.6 Å². The normalized spacial score (nSPS) is 20.2. The third-order valence-electron chi connectivity index (χ3n) is 9.91. The van der Waals surface area contributed by atoms with E-state index < -0.39 is 29.2 Å². The molecule has 11 nitrogen and oxygen atoms in total. The minimum atomic E-state index is -5.07. The average Bonchev–Trinajstić information content (AvgIpc) is 3.58. The molecule has 2 fully saturated rings. The number of fused-ring (bicyclic) bond motifs is 3. The first-order valence-electron chi connectivity index (χ1n) is 17.0. The van der Waals surface area contributed by atoms with Gasteiger partial charge in [0.25, 0.3) is 5.69 Å². The fourth-order valence-corrected chi connectivity index (χ4v) is 7.44. The lowest BCUT2D eigenvalue weighted by Crippen LogP contribution is -2.56. The molecular weight excluding hydrogens is 683 g/mol. The number of carbonyl (C=O) groups excluding carboxylic acids is 1. The Morgan fingerprint density at radius 1 is 1.02 bits per heavy atom. The number of nitrogens with zero attached hydrogens (tertiary/aromatic N) is 3. The molecule has 2 unspecified atom stereocenters. The summed E-state index contributed by atoms with van der Waals surface area (Å²) < 4.78 is 69.8. The first-order valence-corrected chi connectivity index (χ1v) is 17.0. The standard InChI is InChI=1S/C38H40F3N3O8/c1-4-51-35(45)15-10-25-16-33(49-2)36(34(17-25)50-3)52-29-18-26-11-12-27(19-29)43(26)23-37(46,38(39,40)41)31-22-42(21-24-8-6-5-7-9-24)32-20-28(44(47)48)13-14-30(31)32/h5-10,13-17,20,22,26-27,29,46H,4,11-12,18-19,21,23H2,1-3H3/b15-10+/t26-,27+,29?,37?. The van der Waals surface area contributed by atoms with Crippen LogP contribution >= 0.6 is 0 Å². The van der Waals surface area contributed by atoms with Crippen molar-refractivity contribution in [3.63, 3.8) is 0 Å². The van der Waals surface area contributed by atoms with E-state index in [0.29, 0.717) is 48.5 Å². The number of nitro groups is 1. The highest BCUT2D eigenvalue weighted by atomic mass is 19.4. The molecule has 0 radical (unpaired) electrons. The van der Waals surface area contributed by atoms with E-state index in [9.17, 15) is 20.0 Å². The molecule has 6 rings (SSSR count). The molecule has 1 N–H and O–H groups in total. The maximum absolute atomic E-state index is 15.2. The molecule has 276 valence electrons. The number of non-ortho nitro benzene ring substituents is 1. The molecule has 4 aromatic rings. The van der Waals surface area contributed by atoms with Gasteiger partial charge in [-0.25, -0.2) is 4.79 Å². The van der Waals surface area contributed by atoms with Gasteiger partial charge in [0.15, 0.2) is 11.5 Å². The molecule has 0 amide bonds. The largest absolute Gasteiger partial charge is 0.493 e. The lowest BCUT2D eigenvalue weighted by atomic mass is 9.89. The van der Waals surface area contributed by atoms with E-state index >= 15 is 13.2 Å². The highest BCUT2D eigenvalue weighted by molar-refractivity contribution is 5.88. The van der Waals surface area contributed by atoms with Crippen molar-refractivity contribution < 1.29 is 46.9 Å². The van der Waals surface area contributed by atoms with Gasteiger partial charge in [-0.3, -0.25) is 15.0 Å². The van der Waals surface area contributed by atoms with Crippen LogP contribution < -0.4 is 14.2 Å². The molecule has 2 saturated heterocycles. The number of piperidine rings is 1. The molecule has 1 aromatic heterocycles. The van der Waals surface area contributed by atoms with E-state index in [1.165, 1.54) is 43.2 Å². The number of esters is 1. The van der Waals surface area contributed by atoms with Crippen LogP contribution in [0.15, 0.2) is 72.9 Å². The Kier molecular flexibility index (Phi) is 10.5. The van der Waals surface area contributed by atoms with Gasteiger partial charge in [-0.05, 0) is 68.0 Å². The molecule has 52 heavy (non-hydrogen) atoms. The van der Waals surface area contributed by atoms with E-state index in [-0.39, 0.29) is 53.5 Å². The molecule has 2 aliphatic heterocycles. The van der Waals surface area contributed by atoms with Crippen LogP contribution in [0.3, 0.4) is 0 Å². The number of hydrogen-bond acceptors (Lipinski definition) is 9. The van der Waals surface area contributed by atoms with Crippen molar-refractivity contribution in [1.29, 1.82) is 0 Å². The second-order valence-corrected chi connectivity index (χ2v) is 13.1. The van der Waals surface area contributed by atoms with Crippen molar-refractivity contribution in [1.82, 2.24) is 9.47 Å². The summed E-state index contributed by atoms with van der Waals surface area (Å²) in [5.74, 6) is 0.554. The van der Waals surface area contributed by atoms with Gasteiger partial charge >= 0.3 is 12.1 Å². The summed E-state index contributed by atoms with van der Waals surface area (Å²) in [4.78, 5) is 24.6. The molecule has 0 aliphatic carbocycles. The number of aromatic nitrogens is 1. The van der Waals surface area contributed by atoms with Gasteiger partial charge in [-0.2, -0.15) is 13.2 Å². The zero-order valence-electron chi connectivity index (χ0n) is 29.0. The topological polar surface area (TPSA) is 126 Å². The van der Waals surface area contributed by atoms with Crippen LogP contribution in [0.1, 0.15) is 49.3 Å². The van der Waals surface area contributed by atoms with Crippen molar-refractivity contribution in [2.45, 2.75) is 69.1 Å². The third-order valence-corrected chi connectivity index (χ3v) is 9.91. The van der Waals surface area contributed by atoms with Crippen molar-refractivity contribution in [2.75, 3.05) is 27.4 Å². The van der Waals surface area contributed by atoms with Gasteiger partial charge in [0.2, 0.25) is 11.4 Å². The third kappa shape index (κ3) is 7.30. The first-order chi connectivity index (χ1) is 24.8. The minimum Gasteiger partial charge on any atom is -0.493 e. The number of halogens is 3. The number of nitro benzene ring substituents is 1. The Labute approximate surface area is 298 Å². The van der Waals surface area contributed by atoms with Crippen molar-refractivity contribution in [2.24, 2.45) is 0 Å². The number of ether oxygens (including phenoxy) is 4. The Hall–Kier alpha value is -5.08. The van der Waals surface area contributed by atoms with Crippen LogP contribution in [0, 0.1) is 10.1 Å². The Balaban J connectivity index is 1.27. The van der Waals surface area contributed by atoms with Crippen molar-refractivity contribution >= 4 is 28.6 Å². The maximum atomic E-state index is 15.2. The SMILES string of the molecule is CCOC(=O)/C=C/c1cc(OC)c(OC2C[C@H]3CC[C@@H](C2)N3CC(O)(c2cn(Cc3ccccc3)c3cc([N+](=O)[O-])ccc23)C(F)(F)F)c(OC)c1. The fraction of sp³-hybridized carbons (Fsp3) is 0.395. The summed E-state index contributed by atoms with van der Waals surface area (Å²) in [7, 11) is 2.94. The van der Waals surface area contributed by atoms with Crippen LogP contribution in [0.2, 0.25) is 0 Å². The zero-order chi connectivity index (χ0) is 37.2. The molecule has 4 atom stereocenters. The molecule has 0 spiro atoms. The summed E-state index contributed by atoms with van der Waals surface area (Å²) >= 11 is 0. The average molecular weight is 724 g/mol. The molecule has 3 heterocycles. The number of rotatable bonds is 13. The second-order valence-electron chi connectivity index (χ2n) is 13.1. The second kappa shape index (κ2) is 14.9. The lowest BCUT2D eigenvalue weighted by molar-refractivity contribution is -0.384. The predicted molar refractivity (Wildman–Crippen MR) is 186 cm³/mol. The number of methoxy groups -OCH3 is 2.